The summed E-state index contributed by atoms with van der Waals surface area (Å²) < 4.78 is 6.85. The highest BCUT2D eigenvalue weighted by Gasteiger charge is 2.20. The Morgan fingerprint density at radius 1 is 1.12 bits per heavy atom. The number of hydrogen-bond donors (Lipinski definition) is 2. The van der Waals surface area contributed by atoms with E-state index in [0.717, 1.165) is 45.1 Å². The Balaban J connectivity index is 1.16. The number of nitrogen functional groups attached to an aromatic ring is 1. The number of piperazine rings is 1. The summed E-state index contributed by atoms with van der Waals surface area (Å²) >= 11 is 12.2. The first-order chi connectivity index (χ1) is 15.6. The van der Waals surface area contributed by atoms with Crippen LogP contribution in [0.25, 0.3) is 17.4 Å². The molecule has 0 bridgehead atoms. The quantitative estimate of drug-likeness (QED) is 0.436. The molecule has 12 heteroatoms. The molecular formula is C20H21Cl2N9O. The number of nitrogens with two attached hydrogens (primary N) is 1. The molecule has 1 saturated heterocycles. The number of nitrogens with zero attached hydrogens (tertiary/aromatic N) is 7. The van der Waals surface area contributed by atoms with E-state index < -0.39 is 0 Å². The maximum Gasteiger partial charge on any atom is 0.256 e. The monoisotopic (exact) mass is 473 g/mol. The summed E-state index contributed by atoms with van der Waals surface area (Å²) in [6.07, 6.45) is 3.20. The molecule has 0 aliphatic carbocycles. The lowest BCUT2D eigenvalue weighted by Crippen LogP contribution is -2.48. The van der Waals surface area contributed by atoms with Crippen LogP contribution < -0.4 is 16.0 Å². The van der Waals surface area contributed by atoms with Gasteiger partial charge in [-0.3, -0.25) is 4.90 Å². The molecule has 1 aliphatic rings. The number of hydrogen-bond acceptors (Lipinski definition) is 9. The average Bonchev–Trinajstić information content (AvgIpc) is 3.45. The molecule has 0 amide bonds. The van der Waals surface area contributed by atoms with Gasteiger partial charge < -0.3 is 20.4 Å². The van der Waals surface area contributed by atoms with Crippen molar-refractivity contribution in [3.05, 3.63) is 46.8 Å². The van der Waals surface area contributed by atoms with E-state index in [4.69, 9.17) is 33.4 Å². The van der Waals surface area contributed by atoms with Gasteiger partial charge in [-0.05, 0) is 18.2 Å². The van der Waals surface area contributed by atoms with Crippen LogP contribution in [0.2, 0.25) is 10.0 Å². The van der Waals surface area contributed by atoms with Crippen LogP contribution in [0.3, 0.4) is 0 Å². The van der Waals surface area contributed by atoms with Crippen LogP contribution in [-0.4, -0.2) is 68.7 Å². The van der Waals surface area contributed by atoms with Gasteiger partial charge in [-0.2, -0.15) is 14.5 Å². The molecule has 4 aromatic rings. The predicted octanol–water partition coefficient (Wildman–Crippen LogP) is 2.90. The zero-order valence-corrected chi connectivity index (χ0v) is 18.6. The molecule has 0 radical (unpaired) electrons. The first-order valence-electron chi connectivity index (χ1n) is 10.2. The fourth-order valence-corrected chi connectivity index (χ4v) is 4.16. The van der Waals surface area contributed by atoms with Crippen molar-refractivity contribution in [1.82, 2.24) is 29.5 Å². The third-order valence-electron chi connectivity index (χ3n) is 5.28. The van der Waals surface area contributed by atoms with Crippen LogP contribution >= 0.6 is 23.2 Å². The Labute approximate surface area is 194 Å². The fourth-order valence-electron chi connectivity index (χ4n) is 3.66. The molecule has 0 saturated carbocycles. The van der Waals surface area contributed by atoms with E-state index in [1.165, 1.54) is 4.52 Å². The zero-order valence-electron chi connectivity index (χ0n) is 17.1. The van der Waals surface area contributed by atoms with E-state index in [0.29, 0.717) is 39.0 Å². The fraction of sp³-hybridized carbons (Fsp3) is 0.300. The van der Waals surface area contributed by atoms with Crippen molar-refractivity contribution in [2.75, 3.05) is 55.2 Å². The predicted molar refractivity (Wildman–Crippen MR) is 124 cm³/mol. The van der Waals surface area contributed by atoms with Gasteiger partial charge in [-0.1, -0.05) is 23.2 Å². The Morgan fingerprint density at radius 2 is 1.97 bits per heavy atom. The number of pyridine rings is 1. The molecule has 0 spiro atoms. The van der Waals surface area contributed by atoms with Crippen molar-refractivity contribution in [2.45, 2.75) is 0 Å². The average molecular weight is 474 g/mol. The van der Waals surface area contributed by atoms with Crippen LogP contribution in [0.15, 0.2) is 41.1 Å². The van der Waals surface area contributed by atoms with Gasteiger partial charge in [0.2, 0.25) is 5.82 Å². The lowest BCUT2D eigenvalue weighted by Gasteiger charge is -2.35. The molecule has 166 valence electrons. The van der Waals surface area contributed by atoms with E-state index >= 15 is 0 Å². The van der Waals surface area contributed by atoms with Gasteiger partial charge in [-0.25, -0.2) is 4.98 Å². The minimum Gasteiger partial charge on any atom is -0.461 e. The second kappa shape index (κ2) is 8.81. The van der Waals surface area contributed by atoms with Crippen LogP contribution in [0.1, 0.15) is 0 Å². The molecule has 4 aromatic heterocycles. The largest absolute Gasteiger partial charge is 0.461 e. The third-order valence-corrected chi connectivity index (χ3v) is 5.76. The summed E-state index contributed by atoms with van der Waals surface area (Å²) in [6.45, 7) is 5.11. The number of nitrogens with one attached hydrogen (secondary N) is 1. The lowest BCUT2D eigenvalue weighted by atomic mass is 10.3. The summed E-state index contributed by atoms with van der Waals surface area (Å²) in [6, 6.07) is 7.05. The minimum atomic E-state index is 0.417. The summed E-state index contributed by atoms with van der Waals surface area (Å²) in [5.41, 5.74) is 6.14. The molecule has 1 aliphatic heterocycles. The number of aromatic nitrogens is 5. The van der Waals surface area contributed by atoms with Crippen LogP contribution in [0.5, 0.6) is 0 Å². The minimum absolute atomic E-state index is 0.417. The Bertz CT molecular complexity index is 1220. The molecule has 1 fully saturated rings. The molecule has 5 heterocycles. The molecular weight excluding hydrogens is 453 g/mol. The van der Waals surface area contributed by atoms with Gasteiger partial charge in [0.05, 0.1) is 16.3 Å². The second-order valence-electron chi connectivity index (χ2n) is 7.41. The highest BCUT2D eigenvalue weighted by atomic mass is 35.5. The molecule has 0 aromatic carbocycles. The Hall–Kier alpha value is -3.08. The molecule has 5 rings (SSSR count). The topological polar surface area (TPSA) is 114 Å². The van der Waals surface area contributed by atoms with Crippen LogP contribution in [0, 0.1) is 0 Å². The standard InChI is InChI=1S/C20H21Cl2N9O/c21-13-10-14(22)19(25-12-13)30-7-5-29(6-8-30)4-3-24-17-11-16(23)31-20(26-17)27-18(28-31)15-2-1-9-32-15/h1-2,9-12H,3-8,23H2,(H,24,26,27,28). The van der Waals surface area contributed by atoms with E-state index in [-0.39, 0.29) is 0 Å². The summed E-state index contributed by atoms with van der Waals surface area (Å²) in [7, 11) is 0. The smallest absolute Gasteiger partial charge is 0.256 e. The van der Waals surface area contributed by atoms with Gasteiger partial charge in [0.25, 0.3) is 5.78 Å². The van der Waals surface area contributed by atoms with Crippen molar-refractivity contribution >= 4 is 46.4 Å². The van der Waals surface area contributed by atoms with Crippen LogP contribution in [0.4, 0.5) is 17.5 Å². The van der Waals surface area contributed by atoms with E-state index in [1.54, 1.807) is 36.7 Å². The van der Waals surface area contributed by atoms with Gasteiger partial charge >= 0.3 is 0 Å². The maximum atomic E-state index is 6.29. The number of halogens is 2. The molecule has 10 nitrogen and oxygen atoms in total. The van der Waals surface area contributed by atoms with Gasteiger partial charge in [0.15, 0.2) is 5.76 Å². The van der Waals surface area contributed by atoms with Crippen molar-refractivity contribution < 1.29 is 4.42 Å². The number of anilines is 3. The summed E-state index contributed by atoms with van der Waals surface area (Å²) in [5, 5.41) is 8.80. The molecule has 3 N–H and O–H groups in total. The first-order valence-corrected chi connectivity index (χ1v) is 10.9. The summed E-state index contributed by atoms with van der Waals surface area (Å²) in [5.74, 6) is 3.31. The molecule has 0 atom stereocenters. The normalized spacial score (nSPS) is 14.9. The zero-order chi connectivity index (χ0) is 22.1. The SMILES string of the molecule is Nc1cc(NCCN2CCN(c3ncc(Cl)cc3Cl)CC2)nc2nc(-c3ccco3)nn12. The number of rotatable bonds is 6. The first kappa shape index (κ1) is 20.8. The van der Waals surface area contributed by atoms with Crippen LogP contribution in [-0.2, 0) is 0 Å². The Morgan fingerprint density at radius 3 is 2.72 bits per heavy atom. The van der Waals surface area contributed by atoms with Gasteiger partial charge in [0.1, 0.15) is 17.5 Å². The summed E-state index contributed by atoms with van der Waals surface area (Å²) in [4.78, 5) is 17.9. The maximum absolute atomic E-state index is 6.29. The Kier molecular flexibility index (Phi) is 5.73. The van der Waals surface area contributed by atoms with E-state index in [2.05, 4.69) is 35.2 Å². The van der Waals surface area contributed by atoms with Crippen molar-refractivity contribution in [2.24, 2.45) is 0 Å². The van der Waals surface area contributed by atoms with Crippen molar-refractivity contribution in [1.29, 1.82) is 0 Å². The lowest BCUT2D eigenvalue weighted by molar-refractivity contribution is 0.266. The van der Waals surface area contributed by atoms with Crippen molar-refractivity contribution in [3.8, 4) is 11.6 Å². The highest BCUT2D eigenvalue weighted by molar-refractivity contribution is 6.36. The van der Waals surface area contributed by atoms with Gasteiger partial charge in [0, 0.05) is 51.5 Å². The highest BCUT2D eigenvalue weighted by Crippen LogP contribution is 2.26. The number of fused-ring (bicyclic) bond motifs is 1. The molecule has 32 heavy (non-hydrogen) atoms. The number of furan rings is 1. The third kappa shape index (κ3) is 4.29. The second-order valence-corrected chi connectivity index (χ2v) is 8.25. The van der Waals surface area contributed by atoms with Gasteiger partial charge in [-0.15, -0.1) is 5.10 Å². The van der Waals surface area contributed by atoms with E-state index in [1.807, 2.05) is 0 Å². The van der Waals surface area contributed by atoms with Crippen molar-refractivity contribution in [3.63, 3.8) is 0 Å². The molecule has 0 unspecified atom stereocenters. The van der Waals surface area contributed by atoms with E-state index in [9.17, 15) is 0 Å².